The smallest absolute Gasteiger partial charge is 0.222 e. The molecule has 2 aliphatic rings. The maximum Gasteiger partial charge on any atom is 0.222 e. The summed E-state index contributed by atoms with van der Waals surface area (Å²) in [4.78, 5) is 14.7. The molecular weight excluding hydrogens is 364 g/mol. The predicted molar refractivity (Wildman–Crippen MR) is 116 cm³/mol. The predicted octanol–water partition coefficient (Wildman–Crippen LogP) is 4.25. The summed E-state index contributed by atoms with van der Waals surface area (Å²) in [5, 5.41) is 13.7. The highest BCUT2D eigenvalue weighted by atomic mass is 16.5. The number of rotatable bonds is 5. The van der Waals surface area contributed by atoms with Crippen molar-refractivity contribution in [2.24, 2.45) is 17.8 Å². The number of hydrogen-bond acceptors (Lipinski definition) is 4. The van der Waals surface area contributed by atoms with Crippen molar-refractivity contribution in [1.82, 2.24) is 10.2 Å². The molecule has 5 atom stereocenters. The molecular formula is C24H38N2O3. The largest absolute Gasteiger partial charge is 0.508 e. The first-order valence-corrected chi connectivity index (χ1v) is 11.0. The number of fused-ring (bicyclic) bond motifs is 1. The molecule has 5 nitrogen and oxygen atoms in total. The Morgan fingerprint density at radius 3 is 2.72 bits per heavy atom. The molecule has 1 heterocycles. The number of aromatic hydroxyl groups is 1. The standard InChI is InChI=1S/C24H38N2O3/c1-15(2)23(28)25-24(4)13-22(29-21-11-16(3)7-9-19(21)24)17-8-10-20(27)18(12-17)14-26(5)6/h8,10,12,15-16,19,21-22,27H,7,9,11,13-14H2,1-6H3,(H,25,28)/t16-,19-,21-,22-,24-/m1/s1. The third kappa shape index (κ3) is 4.95. The lowest BCUT2D eigenvalue weighted by molar-refractivity contribution is -0.155. The number of amides is 1. The molecule has 1 saturated carbocycles. The van der Waals surface area contributed by atoms with Gasteiger partial charge in [-0.25, -0.2) is 0 Å². The molecule has 1 aliphatic carbocycles. The Morgan fingerprint density at radius 2 is 2.07 bits per heavy atom. The number of phenols is 1. The third-order valence-corrected chi connectivity index (χ3v) is 6.72. The van der Waals surface area contributed by atoms with Crippen molar-refractivity contribution in [3.05, 3.63) is 29.3 Å². The first-order valence-electron chi connectivity index (χ1n) is 11.0. The molecule has 0 bridgehead atoms. The number of nitrogens with one attached hydrogen (secondary N) is 1. The molecule has 0 unspecified atom stereocenters. The van der Waals surface area contributed by atoms with E-state index in [1.807, 2.05) is 38.9 Å². The van der Waals surface area contributed by atoms with Crippen LogP contribution in [0.15, 0.2) is 18.2 Å². The second-order valence-corrected chi connectivity index (χ2v) is 10.1. The van der Waals surface area contributed by atoms with Gasteiger partial charge < -0.3 is 20.1 Å². The summed E-state index contributed by atoms with van der Waals surface area (Å²) < 4.78 is 6.64. The van der Waals surface area contributed by atoms with Gasteiger partial charge in [-0.15, -0.1) is 0 Å². The van der Waals surface area contributed by atoms with E-state index in [-0.39, 0.29) is 29.6 Å². The van der Waals surface area contributed by atoms with E-state index in [1.54, 1.807) is 6.07 Å². The molecule has 5 heteroatoms. The van der Waals surface area contributed by atoms with Crippen molar-refractivity contribution in [3.8, 4) is 5.75 Å². The van der Waals surface area contributed by atoms with E-state index in [0.29, 0.717) is 24.1 Å². The maximum atomic E-state index is 12.6. The molecule has 29 heavy (non-hydrogen) atoms. The molecule has 1 aliphatic heterocycles. The van der Waals surface area contributed by atoms with Crippen molar-refractivity contribution in [2.75, 3.05) is 14.1 Å². The minimum atomic E-state index is -0.283. The Balaban J connectivity index is 1.91. The summed E-state index contributed by atoms with van der Waals surface area (Å²) in [5.74, 6) is 1.39. The number of ether oxygens (including phenoxy) is 1. The number of carbonyl (C=O) groups is 1. The maximum absolute atomic E-state index is 12.6. The van der Waals surface area contributed by atoms with Gasteiger partial charge in [0.05, 0.1) is 12.2 Å². The van der Waals surface area contributed by atoms with Crippen LogP contribution in [0.25, 0.3) is 0 Å². The second kappa shape index (κ2) is 8.65. The van der Waals surface area contributed by atoms with E-state index in [2.05, 4.69) is 25.2 Å². The van der Waals surface area contributed by atoms with Crippen LogP contribution in [0.5, 0.6) is 5.75 Å². The topological polar surface area (TPSA) is 61.8 Å². The Labute approximate surface area is 175 Å². The summed E-state index contributed by atoms with van der Waals surface area (Å²) in [7, 11) is 3.99. The van der Waals surface area contributed by atoms with Crippen LogP contribution >= 0.6 is 0 Å². The molecule has 2 fully saturated rings. The lowest BCUT2D eigenvalue weighted by Gasteiger charge is -2.52. The number of nitrogens with zero attached hydrogens (tertiary/aromatic N) is 1. The number of carbonyl (C=O) groups excluding carboxylic acids is 1. The molecule has 2 N–H and O–H groups in total. The van der Waals surface area contributed by atoms with E-state index < -0.39 is 0 Å². The molecule has 162 valence electrons. The van der Waals surface area contributed by atoms with Gasteiger partial charge >= 0.3 is 0 Å². The van der Waals surface area contributed by atoms with Crippen LogP contribution in [0.1, 0.15) is 70.6 Å². The number of phenolic OH excluding ortho intramolecular Hbond substituents is 1. The summed E-state index contributed by atoms with van der Waals surface area (Å²) in [6, 6.07) is 5.81. The molecule has 3 rings (SSSR count). The van der Waals surface area contributed by atoms with Gasteiger partial charge in [0, 0.05) is 35.9 Å². The molecule has 1 amide bonds. The fourth-order valence-electron chi connectivity index (χ4n) is 5.04. The van der Waals surface area contributed by atoms with Crippen LogP contribution in [-0.4, -0.2) is 41.7 Å². The van der Waals surface area contributed by atoms with Gasteiger partial charge in [-0.05, 0) is 57.5 Å². The molecule has 1 aromatic rings. The molecule has 1 aromatic carbocycles. The minimum absolute atomic E-state index is 0.0329. The first kappa shape index (κ1) is 22.1. The lowest BCUT2D eigenvalue weighted by Crippen LogP contribution is -2.61. The Kier molecular flexibility index (Phi) is 6.59. The van der Waals surface area contributed by atoms with Crippen LogP contribution in [0.4, 0.5) is 0 Å². The first-order chi connectivity index (χ1) is 13.6. The van der Waals surface area contributed by atoms with E-state index in [4.69, 9.17) is 4.74 Å². The number of benzene rings is 1. The van der Waals surface area contributed by atoms with Crippen LogP contribution in [0.3, 0.4) is 0 Å². The van der Waals surface area contributed by atoms with Crippen molar-refractivity contribution in [2.45, 2.75) is 77.7 Å². The van der Waals surface area contributed by atoms with Crippen LogP contribution in [-0.2, 0) is 16.1 Å². The van der Waals surface area contributed by atoms with Gasteiger partial charge in [-0.1, -0.05) is 33.3 Å². The van der Waals surface area contributed by atoms with Gasteiger partial charge in [0.15, 0.2) is 0 Å². The zero-order chi connectivity index (χ0) is 21.3. The van der Waals surface area contributed by atoms with Gasteiger partial charge in [-0.3, -0.25) is 4.79 Å². The Bertz CT molecular complexity index is 733. The van der Waals surface area contributed by atoms with Crippen molar-refractivity contribution < 1.29 is 14.6 Å². The quantitative estimate of drug-likeness (QED) is 0.773. The van der Waals surface area contributed by atoms with Gasteiger partial charge in [0.1, 0.15) is 5.75 Å². The molecule has 1 saturated heterocycles. The summed E-state index contributed by atoms with van der Waals surface area (Å²) in [5.41, 5.74) is 1.71. The minimum Gasteiger partial charge on any atom is -0.508 e. The monoisotopic (exact) mass is 402 g/mol. The highest BCUT2D eigenvalue weighted by Gasteiger charge is 2.49. The second-order valence-electron chi connectivity index (χ2n) is 10.1. The fourth-order valence-corrected chi connectivity index (χ4v) is 5.04. The average molecular weight is 403 g/mol. The molecule has 0 spiro atoms. The summed E-state index contributed by atoms with van der Waals surface area (Å²) in [6.07, 6.45) is 4.15. The van der Waals surface area contributed by atoms with E-state index in [1.165, 1.54) is 6.42 Å². The average Bonchev–Trinajstić information content (AvgIpc) is 2.62. The lowest BCUT2D eigenvalue weighted by atomic mass is 9.66. The zero-order valence-corrected chi connectivity index (χ0v) is 18.9. The number of hydrogen-bond donors (Lipinski definition) is 2. The highest BCUT2D eigenvalue weighted by molar-refractivity contribution is 5.78. The van der Waals surface area contributed by atoms with E-state index >= 15 is 0 Å². The third-order valence-electron chi connectivity index (χ3n) is 6.72. The SMILES string of the molecule is CC(C)C(=O)N[C@]1(C)C[C@H](c2ccc(O)c(CN(C)C)c2)O[C@@H]2C[C@H](C)CC[C@H]21. The zero-order valence-electron chi connectivity index (χ0n) is 18.9. The van der Waals surface area contributed by atoms with Gasteiger partial charge in [0.2, 0.25) is 5.91 Å². The van der Waals surface area contributed by atoms with Gasteiger partial charge in [-0.2, -0.15) is 0 Å². The summed E-state index contributed by atoms with van der Waals surface area (Å²) >= 11 is 0. The van der Waals surface area contributed by atoms with Crippen LogP contribution in [0, 0.1) is 17.8 Å². The Morgan fingerprint density at radius 1 is 1.34 bits per heavy atom. The molecule has 0 aromatic heterocycles. The fraction of sp³-hybridized carbons (Fsp3) is 0.708. The van der Waals surface area contributed by atoms with E-state index in [9.17, 15) is 9.90 Å². The van der Waals surface area contributed by atoms with Crippen molar-refractivity contribution in [3.63, 3.8) is 0 Å². The van der Waals surface area contributed by atoms with E-state index in [0.717, 1.165) is 30.4 Å². The Hall–Kier alpha value is -1.59. The van der Waals surface area contributed by atoms with Crippen LogP contribution in [0.2, 0.25) is 0 Å². The van der Waals surface area contributed by atoms with Crippen molar-refractivity contribution >= 4 is 5.91 Å². The van der Waals surface area contributed by atoms with Crippen LogP contribution < -0.4 is 5.32 Å². The van der Waals surface area contributed by atoms with Crippen molar-refractivity contribution in [1.29, 1.82) is 0 Å². The summed E-state index contributed by atoms with van der Waals surface area (Å²) in [6.45, 7) is 9.07. The normalized spacial score (nSPS) is 32.3. The highest BCUT2D eigenvalue weighted by Crippen LogP contribution is 2.48. The molecule has 0 radical (unpaired) electrons. The van der Waals surface area contributed by atoms with Gasteiger partial charge in [0.25, 0.3) is 0 Å².